The summed E-state index contributed by atoms with van der Waals surface area (Å²) in [5, 5.41) is 17.7. The standard InChI is InChI=1S/C22H20FN5OS/c1-14-20-15(2)28(18-6-4-3-5-7-18)27-21(20)22(26-25-14)30-13-19(29)24-12-16-8-10-17(23)11-9-16/h3-11H,12-13H2,1-2H3,(H,24,29). The largest absolute Gasteiger partial charge is 0.351 e. The number of thioether (sulfide) groups is 1. The Morgan fingerprint density at radius 1 is 1.07 bits per heavy atom. The number of halogens is 1. The molecule has 1 amide bonds. The van der Waals surface area contributed by atoms with E-state index in [0.717, 1.165) is 33.5 Å². The average molecular weight is 422 g/mol. The fourth-order valence-corrected chi connectivity index (χ4v) is 3.96. The number of nitrogens with zero attached hydrogens (tertiary/aromatic N) is 4. The van der Waals surface area contributed by atoms with Crippen LogP contribution in [-0.4, -0.2) is 31.6 Å². The Labute approximate surface area is 177 Å². The third kappa shape index (κ3) is 4.18. The predicted octanol–water partition coefficient (Wildman–Crippen LogP) is 3.98. The number of fused-ring (bicyclic) bond motifs is 1. The average Bonchev–Trinajstić information content (AvgIpc) is 3.12. The summed E-state index contributed by atoms with van der Waals surface area (Å²) in [6, 6.07) is 15.9. The van der Waals surface area contributed by atoms with E-state index in [-0.39, 0.29) is 17.5 Å². The second kappa shape index (κ2) is 8.62. The molecule has 0 saturated carbocycles. The lowest BCUT2D eigenvalue weighted by atomic mass is 10.2. The number of benzene rings is 2. The molecule has 152 valence electrons. The highest BCUT2D eigenvalue weighted by Gasteiger charge is 2.18. The molecule has 4 rings (SSSR count). The zero-order valence-corrected chi connectivity index (χ0v) is 17.4. The van der Waals surface area contributed by atoms with Crippen LogP contribution in [0.2, 0.25) is 0 Å². The molecule has 2 heterocycles. The van der Waals surface area contributed by atoms with Gasteiger partial charge in [0, 0.05) is 11.9 Å². The second-order valence-electron chi connectivity index (χ2n) is 6.84. The summed E-state index contributed by atoms with van der Waals surface area (Å²) in [6.45, 7) is 4.25. The topological polar surface area (TPSA) is 72.7 Å². The first kappa shape index (κ1) is 20.0. The molecule has 0 aliphatic heterocycles. The number of aryl methyl sites for hydroxylation is 2. The number of amides is 1. The Kier molecular flexibility index (Phi) is 5.76. The van der Waals surface area contributed by atoms with E-state index in [1.165, 1.54) is 23.9 Å². The zero-order chi connectivity index (χ0) is 21.1. The molecule has 2 aromatic carbocycles. The van der Waals surface area contributed by atoms with Crippen molar-refractivity contribution >= 4 is 28.6 Å². The van der Waals surface area contributed by atoms with Crippen molar-refractivity contribution in [2.45, 2.75) is 25.4 Å². The van der Waals surface area contributed by atoms with E-state index in [1.807, 2.05) is 48.9 Å². The Morgan fingerprint density at radius 2 is 1.80 bits per heavy atom. The van der Waals surface area contributed by atoms with Crippen molar-refractivity contribution in [3.8, 4) is 5.69 Å². The fraction of sp³-hybridized carbons (Fsp3) is 0.182. The van der Waals surface area contributed by atoms with Crippen LogP contribution in [0.4, 0.5) is 4.39 Å². The van der Waals surface area contributed by atoms with Crippen LogP contribution in [-0.2, 0) is 11.3 Å². The van der Waals surface area contributed by atoms with Crippen molar-refractivity contribution in [2.75, 3.05) is 5.75 Å². The maximum Gasteiger partial charge on any atom is 0.230 e. The van der Waals surface area contributed by atoms with Crippen molar-refractivity contribution < 1.29 is 9.18 Å². The van der Waals surface area contributed by atoms with Gasteiger partial charge in [-0.05, 0) is 43.7 Å². The first-order valence-electron chi connectivity index (χ1n) is 9.45. The van der Waals surface area contributed by atoms with Crippen molar-refractivity contribution in [3.05, 3.63) is 77.4 Å². The molecule has 0 aliphatic carbocycles. The Morgan fingerprint density at radius 3 is 2.53 bits per heavy atom. The van der Waals surface area contributed by atoms with E-state index in [1.54, 1.807) is 12.1 Å². The van der Waals surface area contributed by atoms with Gasteiger partial charge in [0.2, 0.25) is 5.91 Å². The molecule has 2 aromatic heterocycles. The minimum absolute atomic E-state index is 0.140. The molecule has 0 atom stereocenters. The van der Waals surface area contributed by atoms with E-state index in [9.17, 15) is 9.18 Å². The van der Waals surface area contributed by atoms with Gasteiger partial charge in [0.15, 0.2) is 0 Å². The molecular weight excluding hydrogens is 401 g/mol. The number of para-hydroxylation sites is 1. The second-order valence-corrected chi connectivity index (χ2v) is 7.80. The van der Waals surface area contributed by atoms with Gasteiger partial charge in [-0.25, -0.2) is 9.07 Å². The number of nitrogens with one attached hydrogen (secondary N) is 1. The third-order valence-electron chi connectivity index (χ3n) is 4.72. The van der Waals surface area contributed by atoms with Crippen LogP contribution in [0, 0.1) is 19.7 Å². The van der Waals surface area contributed by atoms with E-state index < -0.39 is 0 Å². The van der Waals surface area contributed by atoms with E-state index in [4.69, 9.17) is 5.10 Å². The van der Waals surface area contributed by atoms with Crippen LogP contribution in [0.3, 0.4) is 0 Å². The lowest BCUT2D eigenvalue weighted by Crippen LogP contribution is -2.24. The number of hydrogen-bond donors (Lipinski definition) is 1. The number of aromatic nitrogens is 4. The normalized spacial score (nSPS) is 11.0. The molecule has 0 aliphatic rings. The molecular formula is C22H20FN5OS. The molecule has 0 radical (unpaired) electrons. The maximum atomic E-state index is 13.0. The molecule has 0 unspecified atom stereocenters. The van der Waals surface area contributed by atoms with Gasteiger partial charge in [-0.15, -0.1) is 5.10 Å². The highest BCUT2D eigenvalue weighted by atomic mass is 32.2. The Bertz CT molecular complexity index is 1190. The summed E-state index contributed by atoms with van der Waals surface area (Å²) in [6.07, 6.45) is 0. The number of carbonyl (C=O) groups is 1. The summed E-state index contributed by atoms with van der Waals surface area (Å²) in [7, 11) is 0. The first-order valence-corrected chi connectivity index (χ1v) is 10.4. The Hall–Kier alpha value is -3.26. The minimum Gasteiger partial charge on any atom is -0.351 e. The fourth-order valence-electron chi connectivity index (χ4n) is 3.21. The summed E-state index contributed by atoms with van der Waals surface area (Å²) in [5.41, 5.74) is 4.31. The summed E-state index contributed by atoms with van der Waals surface area (Å²) < 4.78 is 14.9. The highest BCUT2D eigenvalue weighted by Crippen LogP contribution is 2.29. The third-order valence-corrected chi connectivity index (χ3v) is 5.67. The summed E-state index contributed by atoms with van der Waals surface area (Å²) in [5.74, 6) is -0.252. The molecule has 0 spiro atoms. The molecule has 4 aromatic rings. The van der Waals surface area contributed by atoms with Crippen molar-refractivity contribution in [2.24, 2.45) is 0 Å². The van der Waals surface area contributed by atoms with Gasteiger partial charge < -0.3 is 5.32 Å². The summed E-state index contributed by atoms with van der Waals surface area (Å²) in [4.78, 5) is 12.3. The van der Waals surface area contributed by atoms with Crippen LogP contribution >= 0.6 is 11.8 Å². The quantitative estimate of drug-likeness (QED) is 0.477. The van der Waals surface area contributed by atoms with Gasteiger partial charge in [0.25, 0.3) is 0 Å². The van der Waals surface area contributed by atoms with Crippen LogP contribution < -0.4 is 5.32 Å². The van der Waals surface area contributed by atoms with Gasteiger partial charge in [0.1, 0.15) is 16.4 Å². The Balaban J connectivity index is 1.51. The maximum absolute atomic E-state index is 13.0. The molecule has 8 heteroatoms. The van der Waals surface area contributed by atoms with Gasteiger partial charge in [-0.3, -0.25) is 4.79 Å². The zero-order valence-electron chi connectivity index (χ0n) is 16.6. The molecule has 1 N–H and O–H groups in total. The molecule has 0 bridgehead atoms. The monoisotopic (exact) mass is 421 g/mol. The highest BCUT2D eigenvalue weighted by molar-refractivity contribution is 8.00. The van der Waals surface area contributed by atoms with Gasteiger partial charge in [0.05, 0.1) is 22.8 Å². The minimum atomic E-state index is -0.298. The van der Waals surface area contributed by atoms with Gasteiger partial charge >= 0.3 is 0 Å². The number of hydrogen-bond acceptors (Lipinski definition) is 5. The van der Waals surface area contributed by atoms with E-state index >= 15 is 0 Å². The van der Waals surface area contributed by atoms with E-state index in [2.05, 4.69) is 15.5 Å². The van der Waals surface area contributed by atoms with Crippen LogP contribution in [0.1, 0.15) is 17.0 Å². The molecule has 0 saturated heterocycles. The molecule has 6 nitrogen and oxygen atoms in total. The number of rotatable bonds is 6. The van der Waals surface area contributed by atoms with Crippen molar-refractivity contribution in [1.82, 2.24) is 25.3 Å². The van der Waals surface area contributed by atoms with Gasteiger partial charge in [-0.2, -0.15) is 10.2 Å². The van der Waals surface area contributed by atoms with Crippen LogP contribution in [0.5, 0.6) is 0 Å². The smallest absolute Gasteiger partial charge is 0.230 e. The van der Waals surface area contributed by atoms with Crippen LogP contribution in [0.15, 0.2) is 59.6 Å². The van der Waals surface area contributed by atoms with Crippen LogP contribution in [0.25, 0.3) is 16.6 Å². The first-order chi connectivity index (χ1) is 14.5. The van der Waals surface area contributed by atoms with Crippen molar-refractivity contribution in [1.29, 1.82) is 0 Å². The molecule has 30 heavy (non-hydrogen) atoms. The van der Waals surface area contributed by atoms with E-state index in [0.29, 0.717) is 11.6 Å². The molecule has 0 fully saturated rings. The predicted molar refractivity (Wildman–Crippen MR) is 115 cm³/mol. The summed E-state index contributed by atoms with van der Waals surface area (Å²) >= 11 is 1.30. The lowest BCUT2D eigenvalue weighted by Gasteiger charge is -2.05. The van der Waals surface area contributed by atoms with Crippen molar-refractivity contribution in [3.63, 3.8) is 0 Å². The van der Waals surface area contributed by atoms with Gasteiger partial charge in [-0.1, -0.05) is 42.1 Å². The lowest BCUT2D eigenvalue weighted by molar-refractivity contribution is -0.118. The number of carbonyl (C=O) groups excluding carboxylic acids is 1. The SMILES string of the molecule is Cc1nnc(SCC(=O)NCc2ccc(F)cc2)c2nn(-c3ccccc3)c(C)c12.